The summed E-state index contributed by atoms with van der Waals surface area (Å²) >= 11 is 0. The quantitative estimate of drug-likeness (QED) is 0.131. The minimum atomic E-state index is -0.710. The summed E-state index contributed by atoms with van der Waals surface area (Å²) in [6.07, 6.45) is 0.342. The second kappa shape index (κ2) is 14.5. The third-order valence-corrected chi connectivity index (χ3v) is 6.75. The average Bonchev–Trinajstić information content (AvgIpc) is 3.03. The zero-order valence-corrected chi connectivity index (χ0v) is 23.2. The predicted octanol–water partition coefficient (Wildman–Crippen LogP) is 5.41. The van der Waals surface area contributed by atoms with E-state index in [-0.39, 0.29) is 17.6 Å². The number of para-hydroxylation sites is 1. The zero-order valence-electron chi connectivity index (χ0n) is 23.2. The topological polar surface area (TPSA) is 93.7 Å². The Morgan fingerprint density at radius 1 is 0.780 bits per heavy atom. The molecule has 0 radical (unpaired) electrons. The molecule has 0 aliphatic carbocycles. The smallest absolute Gasteiger partial charge is 0.328 e. The van der Waals surface area contributed by atoms with E-state index >= 15 is 0 Å². The van der Waals surface area contributed by atoms with Gasteiger partial charge in [0.1, 0.15) is 18.4 Å². The lowest BCUT2D eigenvalue weighted by molar-refractivity contribution is -0.141. The van der Waals surface area contributed by atoms with Crippen LogP contribution in [0.1, 0.15) is 39.9 Å². The Balaban J connectivity index is 1.33. The summed E-state index contributed by atoms with van der Waals surface area (Å²) in [5.41, 5.74) is 3.45. The summed E-state index contributed by atoms with van der Waals surface area (Å²) in [4.78, 5) is 38.2. The largest absolute Gasteiger partial charge is 0.492 e. The van der Waals surface area contributed by atoms with Gasteiger partial charge in [0.2, 0.25) is 5.91 Å². The fourth-order valence-electron chi connectivity index (χ4n) is 4.42. The van der Waals surface area contributed by atoms with Crippen molar-refractivity contribution in [2.24, 2.45) is 0 Å². The molecule has 0 bridgehead atoms. The van der Waals surface area contributed by atoms with E-state index in [4.69, 9.17) is 9.47 Å². The van der Waals surface area contributed by atoms with Crippen LogP contribution in [-0.4, -0.2) is 44.0 Å². The van der Waals surface area contributed by atoms with E-state index in [1.165, 1.54) is 7.11 Å². The summed E-state index contributed by atoms with van der Waals surface area (Å²) in [5, 5.41) is 6.12. The number of amides is 1. The molecule has 0 aliphatic rings. The van der Waals surface area contributed by atoms with E-state index in [0.29, 0.717) is 42.1 Å². The van der Waals surface area contributed by atoms with Gasteiger partial charge in [-0.3, -0.25) is 9.59 Å². The molecule has 1 amide bonds. The van der Waals surface area contributed by atoms with Crippen LogP contribution in [0.3, 0.4) is 0 Å². The van der Waals surface area contributed by atoms with Crippen LogP contribution in [0.5, 0.6) is 5.75 Å². The summed E-state index contributed by atoms with van der Waals surface area (Å²) in [6, 6.07) is 32.5. The molecule has 2 unspecified atom stereocenters. The number of carbonyl (C=O) groups is 3. The molecule has 0 spiro atoms. The second-order valence-electron chi connectivity index (χ2n) is 9.58. The summed E-state index contributed by atoms with van der Waals surface area (Å²) in [7, 11) is 1.34. The molecular formula is C34H34N2O5. The maximum atomic E-state index is 13.1. The van der Waals surface area contributed by atoms with Crippen molar-refractivity contribution in [3.63, 3.8) is 0 Å². The van der Waals surface area contributed by atoms with Crippen molar-refractivity contribution in [1.82, 2.24) is 5.32 Å². The number of ketones is 1. The van der Waals surface area contributed by atoms with Crippen LogP contribution in [0.4, 0.5) is 5.69 Å². The SMILES string of the molecule is COC(=O)C(Cc1ccc(OCCNC(=O)C(C)c2ccccc2)cc1)Nc1ccccc1C(=O)c1ccccc1. The van der Waals surface area contributed by atoms with Crippen molar-refractivity contribution in [1.29, 1.82) is 0 Å². The molecular weight excluding hydrogens is 516 g/mol. The van der Waals surface area contributed by atoms with Gasteiger partial charge in [0.05, 0.1) is 19.6 Å². The van der Waals surface area contributed by atoms with Crippen LogP contribution in [0.25, 0.3) is 0 Å². The monoisotopic (exact) mass is 550 g/mol. The lowest BCUT2D eigenvalue weighted by Crippen LogP contribution is -2.33. The van der Waals surface area contributed by atoms with Crippen molar-refractivity contribution in [2.45, 2.75) is 25.3 Å². The van der Waals surface area contributed by atoms with Gasteiger partial charge in [0, 0.05) is 23.2 Å². The lowest BCUT2D eigenvalue weighted by Gasteiger charge is -2.20. The molecule has 4 aromatic rings. The van der Waals surface area contributed by atoms with E-state index in [0.717, 1.165) is 11.1 Å². The first-order chi connectivity index (χ1) is 20.0. The van der Waals surface area contributed by atoms with E-state index in [1.807, 2.05) is 85.8 Å². The van der Waals surface area contributed by atoms with E-state index < -0.39 is 12.0 Å². The van der Waals surface area contributed by atoms with Crippen LogP contribution in [0, 0.1) is 0 Å². The van der Waals surface area contributed by atoms with Gasteiger partial charge in [-0.05, 0) is 42.3 Å². The molecule has 0 aliphatic heterocycles. The number of anilines is 1. The highest BCUT2D eigenvalue weighted by atomic mass is 16.5. The van der Waals surface area contributed by atoms with Gasteiger partial charge >= 0.3 is 5.97 Å². The molecule has 210 valence electrons. The fraction of sp³-hybridized carbons (Fsp3) is 0.206. The van der Waals surface area contributed by atoms with Gasteiger partial charge in [0.15, 0.2) is 5.78 Å². The Labute approximate surface area is 240 Å². The molecule has 4 rings (SSSR count). The van der Waals surface area contributed by atoms with E-state index in [9.17, 15) is 14.4 Å². The first-order valence-electron chi connectivity index (χ1n) is 13.5. The van der Waals surface area contributed by atoms with Crippen LogP contribution in [0.2, 0.25) is 0 Å². The lowest BCUT2D eigenvalue weighted by atomic mass is 10.00. The third-order valence-electron chi connectivity index (χ3n) is 6.75. The Hall–Kier alpha value is -4.91. The van der Waals surface area contributed by atoms with Gasteiger partial charge in [-0.1, -0.05) is 84.9 Å². The minimum absolute atomic E-state index is 0.0523. The number of benzene rings is 4. The molecule has 2 atom stereocenters. The number of rotatable bonds is 13. The molecule has 4 aromatic carbocycles. The minimum Gasteiger partial charge on any atom is -0.492 e. The maximum absolute atomic E-state index is 13.1. The standard InChI is InChI=1S/C34H34N2O5/c1-24(26-11-5-3-6-12-26)33(38)35-21-22-41-28-19-17-25(18-20-28)23-31(34(39)40-2)36-30-16-10-9-15-29(30)32(37)27-13-7-4-8-14-27/h3-20,24,31,36H,21-23H2,1-2H3,(H,35,38). The fourth-order valence-corrected chi connectivity index (χ4v) is 4.42. The number of hydrogen-bond acceptors (Lipinski definition) is 6. The van der Waals surface area contributed by atoms with Gasteiger partial charge < -0.3 is 20.1 Å². The predicted molar refractivity (Wildman–Crippen MR) is 159 cm³/mol. The Morgan fingerprint density at radius 3 is 2.10 bits per heavy atom. The number of nitrogens with one attached hydrogen (secondary N) is 2. The average molecular weight is 551 g/mol. The van der Waals surface area contributed by atoms with Crippen molar-refractivity contribution in [3.05, 3.63) is 131 Å². The van der Waals surface area contributed by atoms with Crippen molar-refractivity contribution >= 4 is 23.3 Å². The second-order valence-corrected chi connectivity index (χ2v) is 9.58. The Bertz CT molecular complexity index is 1440. The maximum Gasteiger partial charge on any atom is 0.328 e. The van der Waals surface area contributed by atoms with Gasteiger partial charge in [0.25, 0.3) is 0 Å². The first kappa shape index (κ1) is 29.1. The summed E-state index contributed by atoms with van der Waals surface area (Å²) < 4.78 is 10.8. The summed E-state index contributed by atoms with van der Waals surface area (Å²) in [5.74, 6) is -0.211. The van der Waals surface area contributed by atoms with E-state index in [2.05, 4.69) is 10.6 Å². The number of methoxy groups -OCH3 is 1. The summed E-state index contributed by atoms with van der Waals surface area (Å²) in [6.45, 7) is 2.58. The van der Waals surface area contributed by atoms with E-state index in [1.54, 1.807) is 30.3 Å². The van der Waals surface area contributed by atoms with Crippen LogP contribution in [0.15, 0.2) is 109 Å². The molecule has 7 nitrogen and oxygen atoms in total. The number of hydrogen-bond donors (Lipinski definition) is 2. The van der Waals surface area contributed by atoms with Gasteiger partial charge in [-0.2, -0.15) is 0 Å². The van der Waals surface area contributed by atoms with Crippen molar-refractivity contribution < 1.29 is 23.9 Å². The molecule has 0 heterocycles. The third kappa shape index (κ3) is 8.05. The van der Waals surface area contributed by atoms with Crippen LogP contribution < -0.4 is 15.4 Å². The van der Waals surface area contributed by atoms with Gasteiger partial charge in [-0.25, -0.2) is 4.79 Å². The molecule has 0 saturated carbocycles. The first-order valence-corrected chi connectivity index (χ1v) is 13.5. The normalized spacial score (nSPS) is 12.0. The van der Waals surface area contributed by atoms with Crippen LogP contribution in [-0.2, 0) is 20.7 Å². The molecule has 0 aromatic heterocycles. The molecule has 2 N–H and O–H groups in total. The molecule has 7 heteroatoms. The Morgan fingerprint density at radius 2 is 1.41 bits per heavy atom. The number of esters is 1. The van der Waals surface area contributed by atoms with Crippen molar-refractivity contribution in [3.8, 4) is 5.75 Å². The van der Waals surface area contributed by atoms with Gasteiger partial charge in [-0.15, -0.1) is 0 Å². The zero-order chi connectivity index (χ0) is 29.0. The Kier molecular flexibility index (Phi) is 10.3. The highest BCUT2D eigenvalue weighted by molar-refractivity contribution is 6.12. The van der Waals surface area contributed by atoms with Crippen molar-refractivity contribution in [2.75, 3.05) is 25.6 Å². The highest BCUT2D eigenvalue weighted by Gasteiger charge is 2.22. The highest BCUT2D eigenvalue weighted by Crippen LogP contribution is 2.22. The number of carbonyl (C=O) groups excluding carboxylic acids is 3. The molecule has 0 fully saturated rings. The molecule has 0 saturated heterocycles. The molecule has 41 heavy (non-hydrogen) atoms. The number of ether oxygens (including phenoxy) is 2. The van der Waals surface area contributed by atoms with Crippen LogP contribution >= 0.6 is 0 Å².